The van der Waals surface area contributed by atoms with Gasteiger partial charge in [-0.25, -0.2) is 4.39 Å². The third-order valence-electron chi connectivity index (χ3n) is 2.83. The highest BCUT2D eigenvalue weighted by molar-refractivity contribution is 9.10. The molecule has 0 aliphatic heterocycles. The molecule has 0 aliphatic carbocycles. The van der Waals surface area contributed by atoms with E-state index in [0.29, 0.717) is 16.5 Å². The summed E-state index contributed by atoms with van der Waals surface area (Å²) < 4.78 is 14.4. The SMILES string of the molecule is Cc1cccnc1CC(O)c1ccc(Br)cc1F. The van der Waals surface area contributed by atoms with Crippen LogP contribution in [-0.4, -0.2) is 10.1 Å². The number of aliphatic hydroxyl groups excluding tert-OH is 1. The van der Waals surface area contributed by atoms with Crippen molar-refractivity contribution in [2.45, 2.75) is 19.4 Å². The van der Waals surface area contributed by atoms with Crippen LogP contribution in [-0.2, 0) is 6.42 Å². The molecule has 94 valence electrons. The molecule has 0 aliphatic rings. The summed E-state index contributed by atoms with van der Waals surface area (Å²) in [6.07, 6.45) is 1.10. The first-order valence-electron chi connectivity index (χ1n) is 5.61. The summed E-state index contributed by atoms with van der Waals surface area (Å²) >= 11 is 3.19. The lowest BCUT2D eigenvalue weighted by Crippen LogP contribution is -2.06. The lowest BCUT2D eigenvalue weighted by atomic mass is 10.0. The standard InChI is InChI=1S/C14H13BrFNO/c1-9-3-2-6-17-13(9)8-14(18)11-5-4-10(15)7-12(11)16/h2-7,14,18H,8H2,1H3. The molecule has 0 saturated heterocycles. The van der Waals surface area contributed by atoms with Crippen LogP contribution in [0.5, 0.6) is 0 Å². The van der Waals surface area contributed by atoms with Gasteiger partial charge >= 0.3 is 0 Å². The van der Waals surface area contributed by atoms with E-state index < -0.39 is 11.9 Å². The van der Waals surface area contributed by atoms with Gasteiger partial charge in [-0.3, -0.25) is 4.98 Å². The van der Waals surface area contributed by atoms with Crippen molar-refractivity contribution in [3.05, 3.63) is 63.6 Å². The molecule has 0 saturated carbocycles. The molecule has 4 heteroatoms. The molecule has 2 rings (SSSR count). The quantitative estimate of drug-likeness (QED) is 0.940. The van der Waals surface area contributed by atoms with E-state index in [9.17, 15) is 9.50 Å². The van der Waals surface area contributed by atoms with Crippen LogP contribution in [0, 0.1) is 12.7 Å². The van der Waals surface area contributed by atoms with E-state index in [1.54, 1.807) is 18.3 Å². The average molecular weight is 310 g/mol. The van der Waals surface area contributed by atoms with Gasteiger partial charge in [-0.05, 0) is 30.7 Å². The van der Waals surface area contributed by atoms with Crippen LogP contribution >= 0.6 is 15.9 Å². The molecule has 2 aromatic rings. The molecule has 1 aromatic carbocycles. The first-order valence-corrected chi connectivity index (χ1v) is 6.40. The molecule has 2 nitrogen and oxygen atoms in total. The molecular formula is C14H13BrFNO. The lowest BCUT2D eigenvalue weighted by molar-refractivity contribution is 0.172. The molecule has 1 heterocycles. The van der Waals surface area contributed by atoms with Crippen molar-refractivity contribution in [1.82, 2.24) is 4.98 Å². The van der Waals surface area contributed by atoms with Gasteiger partial charge in [0, 0.05) is 28.3 Å². The van der Waals surface area contributed by atoms with E-state index in [2.05, 4.69) is 20.9 Å². The molecule has 1 atom stereocenters. The molecule has 18 heavy (non-hydrogen) atoms. The van der Waals surface area contributed by atoms with Crippen LogP contribution in [0.15, 0.2) is 41.0 Å². The average Bonchev–Trinajstić information content (AvgIpc) is 2.32. The van der Waals surface area contributed by atoms with E-state index >= 15 is 0 Å². The second-order valence-electron chi connectivity index (χ2n) is 4.15. The Bertz CT molecular complexity index is 559. The summed E-state index contributed by atoms with van der Waals surface area (Å²) in [5.41, 5.74) is 2.07. The van der Waals surface area contributed by atoms with Gasteiger partial charge in [0.2, 0.25) is 0 Å². The summed E-state index contributed by atoms with van der Waals surface area (Å²) in [5, 5.41) is 10.1. The van der Waals surface area contributed by atoms with Crippen molar-refractivity contribution in [2.75, 3.05) is 0 Å². The Morgan fingerprint density at radius 1 is 1.39 bits per heavy atom. The summed E-state index contributed by atoms with van der Waals surface area (Å²) in [6, 6.07) is 8.41. The molecule has 0 spiro atoms. The molecule has 1 unspecified atom stereocenters. The second kappa shape index (κ2) is 5.59. The van der Waals surface area contributed by atoms with Gasteiger partial charge in [0.1, 0.15) is 5.82 Å². The number of aromatic nitrogens is 1. The summed E-state index contributed by atoms with van der Waals surface area (Å²) in [7, 11) is 0. The van der Waals surface area contributed by atoms with Crippen molar-refractivity contribution < 1.29 is 9.50 Å². The van der Waals surface area contributed by atoms with Gasteiger partial charge in [0.05, 0.1) is 6.10 Å². The molecule has 0 amide bonds. The number of hydrogen-bond donors (Lipinski definition) is 1. The van der Waals surface area contributed by atoms with Gasteiger partial charge in [-0.2, -0.15) is 0 Å². The smallest absolute Gasteiger partial charge is 0.130 e. The minimum Gasteiger partial charge on any atom is -0.388 e. The van der Waals surface area contributed by atoms with E-state index in [0.717, 1.165) is 11.3 Å². The Balaban J connectivity index is 2.22. The minimum absolute atomic E-state index is 0.295. The Labute approximate surface area is 114 Å². The number of aliphatic hydroxyl groups is 1. The summed E-state index contributed by atoms with van der Waals surface area (Å²) in [6.45, 7) is 1.92. The van der Waals surface area contributed by atoms with Crippen molar-refractivity contribution in [1.29, 1.82) is 0 Å². The highest BCUT2D eigenvalue weighted by atomic mass is 79.9. The van der Waals surface area contributed by atoms with E-state index in [-0.39, 0.29) is 0 Å². The van der Waals surface area contributed by atoms with Gasteiger partial charge in [0.25, 0.3) is 0 Å². The normalized spacial score (nSPS) is 12.4. The zero-order chi connectivity index (χ0) is 13.1. The number of nitrogens with zero attached hydrogens (tertiary/aromatic N) is 1. The molecular weight excluding hydrogens is 297 g/mol. The molecule has 0 fully saturated rings. The number of hydrogen-bond acceptors (Lipinski definition) is 2. The van der Waals surface area contributed by atoms with E-state index in [4.69, 9.17) is 0 Å². The highest BCUT2D eigenvalue weighted by Crippen LogP contribution is 2.24. The summed E-state index contributed by atoms with van der Waals surface area (Å²) in [4.78, 5) is 4.20. The minimum atomic E-state index is -0.883. The molecule has 1 N–H and O–H groups in total. The number of rotatable bonds is 3. The van der Waals surface area contributed by atoms with Crippen molar-refractivity contribution >= 4 is 15.9 Å². The largest absolute Gasteiger partial charge is 0.388 e. The first-order chi connectivity index (χ1) is 8.58. The van der Waals surface area contributed by atoms with Crippen LogP contribution in [0.1, 0.15) is 22.9 Å². The van der Waals surface area contributed by atoms with Gasteiger partial charge in [-0.1, -0.05) is 28.1 Å². The Kier molecular flexibility index (Phi) is 4.09. The number of aryl methyl sites for hydroxylation is 1. The number of halogens is 2. The Morgan fingerprint density at radius 3 is 2.83 bits per heavy atom. The maximum atomic E-state index is 13.7. The fourth-order valence-electron chi connectivity index (χ4n) is 1.80. The Hall–Kier alpha value is -1.26. The van der Waals surface area contributed by atoms with Gasteiger partial charge in [-0.15, -0.1) is 0 Å². The topological polar surface area (TPSA) is 33.1 Å². The van der Waals surface area contributed by atoms with Crippen molar-refractivity contribution in [3.63, 3.8) is 0 Å². The fraction of sp³-hybridized carbons (Fsp3) is 0.214. The van der Waals surface area contributed by atoms with Crippen LogP contribution in [0.25, 0.3) is 0 Å². The van der Waals surface area contributed by atoms with Crippen LogP contribution in [0.4, 0.5) is 4.39 Å². The third kappa shape index (κ3) is 2.94. The van der Waals surface area contributed by atoms with Crippen LogP contribution in [0.2, 0.25) is 0 Å². The lowest BCUT2D eigenvalue weighted by Gasteiger charge is -2.13. The predicted octanol–water partition coefficient (Wildman–Crippen LogP) is 3.57. The van der Waals surface area contributed by atoms with Crippen LogP contribution < -0.4 is 0 Å². The first kappa shape index (κ1) is 13.2. The van der Waals surface area contributed by atoms with Crippen molar-refractivity contribution in [3.8, 4) is 0 Å². The highest BCUT2D eigenvalue weighted by Gasteiger charge is 2.15. The number of pyridine rings is 1. The maximum Gasteiger partial charge on any atom is 0.130 e. The van der Waals surface area contributed by atoms with Crippen molar-refractivity contribution in [2.24, 2.45) is 0 Å². The third-order valence-corrected chi connectivity index (χ3v) is 3.32. The van der Waals surface area contributed by atoms with Gasteiger partial charge in [0.15, 0.2) is 0 Å². The monoisotopic (exact) mass is 309 g/mol. The zero-order valence-electron chi connectivity index (χ0n) is 9.90. The maximum absolute atomic E-state index is 13.7. The molecule has 1 aromatic heterocycles. The fourth-order valence-corrected chi connectivity index (χ4v) is 2.13. The van der Waals surface area contributed by atoms with Crippen LogP contribution in [0.3, 0.4) is 0 Å². The second-order valence-corrected chi connectivity index (χ2v) is 5.07. The van der Waals surface area contributed by atoms with Gasteiger partial charge < -0.3 is 5.11 Å². The van der Waals surface area contributed by atoms with E-state index in [1.165, 1.54) is 6.07 Å². The molecule has 0 radical (unpaired) electrons. The van der Waals surface area contributed by atoms with E-state index in [1.807, 2.05) is 19.1 Å². The Morgan fingerprint density at radius 2 is 2.17 bits per heavy atom. The predicted molar refractivity (Wildman–Crippen MR) is 71.7 cm³/mol. The number of benzene rings is 1. The zero-order valence-corrected chi connectivity index (χ0v) is 11.5. The summed E-state index contributed by atoms with van der Waals surface area (Å²) in [5.74, 6) is -0.412. The molecule has 0 bridgehead atoms.